The van der Waals surface area contributed by atoms with Gasteiger partial charge in [-0.3, -0.25) is 24.0 Å². The van der Waals surface area contributed by atoms with Crippen LogP contribution in [0, 0.1) is 0 Å². The third-order valence-electron chi connectivity index (χ3n) is 8.16. The average Bonchev–Trinajstić information content (AvgIpc) is 3.45. The Morgan fingerprint density at radius 3 is 2.41 bits per heavy atom. The molecular weight excluding hydrogens is 528 g/mol. The number of nitrogens with zero attached hydrogens (tertiary/aromatic N) is 1. The molecule has 3 rings (SSSR count). The topological polar surface area (TPSA) is 154 Å². The summed E-state index contributed by atoms with van der Waals surface area (Å²) in [4.78, 5) is 67.5. The SMILES string of the molecule is CC[C@]1(C)NC(=O)[C@H](CCCCCC(=O)[C@@H](C)O)NC(=O)C2CCCN2C(=O)[C@@H](Cc2ccc(OC)cc2)NC1=O. The van der Waals surface area contributed by atoms with Gasteiger partial charge in [0.05, 0.1) is 7.11 Å². The maximum atomic E-state index is 13.8. The third-order valence-corrected chi connectivity index (χ3v) is 8.16. The van der Waals surface area contributed by atoms with Crippen molar-refractivity contribution in [2.24, 2.45) is 0 Å². The van der Waals surface area contributed by atoms with E-state index in [0.717, 1.165) is 5.56 Å². The fourth-order valence-corrected chi connectivity index (χ4v) is 5.25. The molecule has 5 atom stereocenters. The molecule has 4 N–H and O–H groups in total. The number of ketones is 1. The molecule has 0 saturated carbocycles. The number of hydrogen-bond donors (Lipinski definition) is 4. The lowest BCUT2D eigenvalue weighted by atomic mass is 9.94. The van der Waals surface area contributed by atoms with Crippen LogP contribution in [0.2, 0.25) is 0 Å². The maximum Gasteiger partial charge on any atom is 0.246 e. The predicted molar refractivity (Wildman–Crippen MR) is 152 cm³/mol. The quantitative estimate of drug-likeness (QED) is 0.292. The van der Waals surface area contributed by atoms with Crippen molar-refractivity contribution in [1.82, 2.24) is 20.9 Å². The van der Waals surface area contributed by atoms with Gasteiger partial charge >= 0.3 is 0 Å². The number of benzene rings is 1. The Kier molecular flexibility index (Phi) is 11.3. The van der Waals surface area contributed by atoms with E-state index in [0.29, 0.717) is 50.8 Å². The van der Waals surface area contributed by atoms with E-state index in [1.807, 2.05) is 12.1 Å². The van der Waals surface area contributed by atoms with E-state index in [2.05, 4.69) is 16.0 Å². The number of fused-ring (bicyclic) bond motifs is 1. The highest BCUT2D eigenvalue weighted by Gasteiger charge is 2.43. The van der Waals surface area contributed by atoms with Gasteiger partial charge in [0.15, 0.2) is 5.78 Å². The number of ether oxygens (including phenoxy) is 1. The Balaban J connectivity index is 1.82. The lowest BCUT2D eigenvalue weighted by Crippen LogP contribution is -2.65. The van der Waals surface area contributed by atoms with Crippen LogP contribution < -0.4 is 20.7 Å². The van der Waals surface area contributed by atoms with Crippen molar-refractivity contribution in [3.05, 3.63) is 29.8 Å². The van der Waals surface area contributed by atoms with E-state index >= 15 is 0 Å². The summed E-state index contributed by atoms with van der Waals surface area (Å²) in [5.41, 5.74) is -0.500. The normalized spacial score (nSPS) is 26.2. The van der Waals surface area contributed by atoms with E-state index in [4.69, 9.17) is 4.74 Å². The molecule has 41 heavy (non-hydrogen) atoms. The standard InChI is InChI=1S/C30H44N4O7/c1-5-30(3)29(40)32-23(18-20-13-15-21(41-4)16-14-20)28(39)34-17-9-11-24(34)27(38)31-22(26(37)33-30)10-7-6-8-12-25(36)19(2)35/h13-16,19,22-24,35H,5-12,17-18H2,1-4H3,(H,31,38)(H,32,40)(H,33,37)/t19-,22+,23-,24?,30+/m1/s1. The molecule has 11 heteroatoms. The summed E-state index contributed by atoms with van der Waals surface area (Å²) in [5.74, 6) is -1.24. The largest absolute Gasteiger partial charge is 0.497 e. The molecule has 0 spiro atoms. The van der Waals surface area contributed by atoms with E-state index in [-0.39, 0.29) is 31.0 Å². The first-order chi connectivity index (χ1) is 19.5. The number of nitrogens with one attached hydrogen (secondary N) is 3. The fraction of sp³-hybridized carbons (Fsp3) is 0.633. The summed E-state index contributed by atoms with van der Waals surface area (Å²) in [6.07, 6.45) is 2.86. The number of rotatable bonds is 11. The summed E-state index contributed by atoms with van der Waals surface area (Å²) < 4.78 is 5.22. The molecule has 2 aliphatic rings. The summed E-state index contributed by atoms with van der Waals surface area (Å²) in [6.45, 7) is 5.20. The zero-order valence-electron chi connectivity index (χ0n) is 24.5. The molecule has 1 unspecified atom stereocenters. The molecule has 2 aliphatic heterocycles. The van der Waals surface area contributed by atoms with Crippen LogP contribution in [-0.2, 0) is 30.4 Å². The van der Waals surface area contributed by atoms with E-state index in [1.54, 1.807) is 33.1 Å². The smallest absolute Gasteiger partial charge is 0.246 e. The monoisotopic (exact) mass is 572 g/mol. The van der Waals surface area contributed by atoms with E-state index < -0.39 is 47.5 Å². The minimum atomic E-state index is -1.31. The van der Waals surface area contributed by atoms with Gasteiger partial charge in [-0.25, -0.2) is 0 Å². The Morgan fingerprint density at radius 2 is 1.78 bits per heavy atom. The highest BCUT2D eigenvalue weighted by Crippen LogP contribution is 2.23. The van der Waals surface area contributed by atoms with Crippen molar-refractivity contribution in [3.8, 4) is 5.75 Å². The van der Waals surface area contributed by atoms with Crippen LogP contribution in [0.1, 0.15) is 77.7 Å². The second kappa shape index (κ2) is 14.4. The molecule has 226 valence electrons. The van der Waals surface area contributed by atoms with Gasteiger partial charge in [-0.15, -0.1) is 0 Å². The van der Waals surface area contributed by atoms with Crippen LogP contribution in [0.25, 0.3) is 0 Å². The number of methoxy groups -OCH3 is 1. The van der Waals surface area contributed by atoms with Crippen LogP contribution in [-0.4, -0.2) is 82.8 Å². The summed E-state index contributed by atoms with van der Waals surface area (Å²) in [7, 11) is 1.57. The summed E-state index contributed by atoms with van der Waals surface area (Å²) >= 11 is 0. The van der Waals surface area contributed by atoms with Crippen molar-refractivity contribution in [2.75, 3.05) is 13.7 Å². The third kappa shape index (κ3) is 8.28. The van der Waals surface area contributed by atoms with Crippen molar-refractivity contribution < 1.29 is 33.8 Å². The Bertz CT molecular complexity index is 1110. The Labute approximate surface area is 241 Å². The number of amides is 4. The number of carbonyl (C=O) groups is 5. The molecule has 2 heterocycles. The van der Waals surface area contributed by atoms with Gasteiger partial charge in [-0.1, -0.05) is 31.9 Å². The van der Waals surface area contributed by atoms with Gasteiger partial charge in [0.1, 0.15) is 35.5 Å². The van der Waals surface area contributed by atoms with Crippen LogP contribution in [0.15, 0.2) is 24.3 Å². The molecular formula is C30H44N4O7. The van der Waals surface area contributed by atoms with Crippen molar-refractivity contribution in [3.63, 3.8) is 0 Å². The fourth-order valence-electron chi connectivity index (χ4n) is 5.25. The number of aliphatic hydroxyl groups excluding tert-OH is 1. The molecule has 2 fully saturated rings. The zero-order valence-corrected chi connectivity index (χ0v) is 24.5. The Morgan fingerprint density at radius 1 is 1.07 bits per heavy atom. The second-order valence-corrected chi connectivity index (χ2v) is 11.2. The zero-order chi connectivity index (χ0) is 30.2. The van der Waals surface area contributed by atoms with Gasteiger partial charge < -0.3 is 30.7 Å². The van der Waals surface area contributed by atoms with Crippen LogP contribution in [0.3, 0.4) is 0 Å². The van der Waals surface area contributed by atoms with Crippen molar-refractivity contribution in [2.45, 2.75) is 108 Å². The Hall–Kier alpha value is -3.47. The lowest BCUT2D eigenvalue weighted by molar-refractivity contribution is -0.144. The molecule has 2 saturated heterocycles. The van der Waals surface area contributed by atoms with Crippen LogP contribution in [0.4, 0.5) is 0 Å². The molecule has 0 aliphatic carbocycles. The molecule has 4 amide bonds. The lowest BCUT2D eigenvalue weighted by Gasteiger charge is -2.36. The minimum Gasteiger partial charge on any atom is -0.497 e. The van der Waals surface area contributed by atoms with Crippen LogP contribution in [0.5, 0.6) is 5.75 Å². The number of hydrogen-bond acceptors (Lipinski definition) is 7. The number of unbranched alkanes of at least 4 members (excludes halogenated alkanes) is 2. The first-order valence-corrected chi connectivity index (χ1v) is 14.6. The first-order valence-electron chi connectivity index (χ1n) is 14.6. The molecule has 0 bridgehead atoms. The van der Waals surface area contributed by atoms with Gasteiger partial charge in [-0.2, -0.15) is 0 Å². The molecule has 0 radical (unpaired) electrons. The average molecular weight is 573 g/mol. The molecule has 0 aromatic heterocycles. The predicted octanol–water partition coefficient (Wildman–Crippen LogP) is 1.40. The number of Topliss-reactive ketones (excluding diaryl/α,β-unsaturated/α-hetero) is 1. The van der Waals surface area contributed by atoms with Gasteiger partial charge in [0, 0.05) is 19.4 Å². The van der Waals surface area contributed by atoms with Crippen molar-refractivity contribution >= 4 is 29.4 Å². The second-order valence-electron chi connectivity index (χ2n) is 11.2. The van der Waals surface area contributed by atoms with Crippen molar-refractivity contribution in [1.29, 1.82) is 0 Å². The highest BCUT2D eigenvalue weighted by molar-refractivity contribution is 5.99. The number of aliphatic hydroxyl groups is 1. The highest BCUT2D eigenvalue weighted by atomic mass is 16.5. The first kappa shape index (κ1) is 32.0. The van der Waals surface area contributed by atoms with Gasteiger partial charge in [-0.05, 0) is 63.6 Å². The maximum absolute atomic E-state index is 13.8. The summed E-state index contributed by atoms with van der Waals surface area (Å²) in [6, 6.07) is 4.65. The van der Waals surface area contributed by atoms with Gasteiger partial charge in [0.2, 0.25) is 23.6 Å². The minimum absolute atomic E-state index is 0.216. The van der Waals surface area contributed by atoms with Gasteiger partial charge in [0.25, 0.3) is 0 Å². The summed E-state index contributed by atoms with van der Waals surface area (Å²) in [5, 5.41) is 17.9. The molecule has 1 aromatic carbocycles. The molecule has 1 aromatic rings. The van der Waals surface area contributed by atoms with E-state index in [1.165, 1.54) is 11.8 Å². The van der Waals surface area contributed by atoms with E-state index in [9.17, 15) is 29.1 Å². The number of carbonyl (C=O) groups excluding carboxylic acids is 5. The molecule has 11 nitrogen and oxygen atoms in total. The van der Waals surface area contributed by atoms with Crippen LogP contribution >= 0.6 is 0 Å².